The topological polar surface area (TPSA) is 115 Å². The van der Waals surface area contributed by atoms with Crippen LogP contribution in [0.5, 0.6) is 11.5 Å². The molecule has 0 radical (unpaired) electrons. The highest BCUT2D eigenvalue weighted by Crippen LogP contribution is 2.45. The van der Waals surface area contributed by atoms with Crippen LogP contribution in [0.2, 0.25) is 0 Å². The molecule has 2 heterocycles. The molecule has 216 valence electrons. The Bertz CT molecular complexity index is 1570. The van der Waals surface area contributed by atoms with E-state index in [4.69, 9.17) is 14.2 Å². The molecule has 1 amide bonds. The Balaban J connectivity index is 1.82. The van der Waals surface area contributed by atoms with E-state index in [1.54, 1.807) is 37.3 Å². The van der Waals surface area contributed by atoms with E-state index >= 15 is 0 Å². The minimum absolute atomic E-state index is 0.00595. The van der Waals surface area contributed by atoms with Gasteiger partial charge in [0.05, 0.1) is 23.9 Å². The second kappa shape index (κ2) is 13.6. The minimum atomic E-state index is -1.08. The molecule has 0 spiro atoms. The number of thiazole rings is 1. The Hall–Kier alpha value is -4.96. The lowest BCUT2D eigenvalue weighted by Crippen LogP contribution is -2.31. The van der Waals surface area contributed by atoms with Crippen molar-refractivity contribution in [2.75, 3.05) is 24.7 Å². The molecule has 42 heavy (non-hydrogen) atoms. The summed E-state index contributed by atoms with van der Waals surface area (Å²) in [7, 11) is 0. The third kappa shape index (κ3) is 6.34. The van der Waals surface area contributed by atoms with Crippen LogP contribution >= 0.6 is 11.3 Å². The molecule has 3 aromatic rings. The van der Waals surface area contributed by atoms with Gasteiger partial charge < -0.3 is 19.3 Å². The summed E-state index contributed by atoms with van der Waals surface area (Å²) in [6, 6.07) is 13.1. The summed E-state index contributed by atoms with van der Waals surface area (Å²) in [5.41, 5.74) is 1.42. The molecule has 10 heteroatoms. The van der Waals surface area contributed by atoms with Crippen molar-refractivity contribution in [1.82, 2.24) is 4.98 Å². The molecule has 9 nitrogen and oxygen atoms in total. The van der Waals surface area contributed by atoms with Gasteiger partial charge in [-0.3, -0.25) is 14.5 Å². The van der Waals surface area contributed by atoms with Crippen molar-refractivity contribution in [2.24, 2.45) is 0 Å². The van der Waals surface area contributed by atoms with Gasteiger partial charge in [0, 0.05) is 0 Å². The molecule has 1 aliphatic heterocycles. The van der Waals surface area contributed by atoms with Crippen LogP contribution in [-0.4, -0.2) is 47.6 Å². The molecule has 4 rings (SSSR count). The predicted molar refractivity (Wildman–Crippen MR) is 161 cm³/mol. The van der Waals surface area contributed by atoms with E-state index in [1.807, 2.05) is 37.3 Å². The number of carbonyl (C=O) groups is 3. The van der Waals surface area contributed by atoms with Gasteiger partial charge in [-0.15, -0.1) is 0 Å². The number of nitrogens with zero attached hydrogens (tertiary/aromatic N) is 2. The summed E-state index contributed by atoms with van der Waals surface area (Å²) in [6.07, 6.45) is 5.95. The summed E-state index contributed by atoms with van der Waals surface area (Å²) in [6.45, 7) is 11.2. The number of aliphatic hydroxyl groups excluding tert-OH is 1. The first-order valence-electron chi connectivity index (χ1n) is 13.1. The number of amides is 1. The van der Waals surface area contributed by atoms with E-state index in [0.29, 0.717) is 29.4 Å². The third-order valence-electron chi connectivity index (χ3n) is 6.15. The minimum Gasteiger partial charge on any atom is -0.503 e. The number of esters is 1. The number of aryl methyl sites for hydroxylation is 1. The van der Waals surface area contributed by atoms with Crippen LogP contribution in [-0.2, 0) is 14.3 Å². The van der Waals surface area contributed by atoms with Crippen molar-refractivity contribution in [1.29, 1.82) is 0 Å². The molecule has 1 aromatic heterocycles. The fourth-order valence-electron chi connectivity index (χ4n) is 4.30. The summed E-state index contributed by atoms with van der Waals surface area (Å²) in [5, 5.41) is 11.2. The molecule has 0 saturated carbocycles. The van der Waals surface area contributed by atoms with Crippen molar-refractivity contribution in [3.8, 4) is 11.5 Å². The first kappa shape index (κ1) is 30.0. The van der Waals surface area contributed by atoms with Crippen LogP contribution in [0.4, 0.5) is 5.13 Å². The Morgan fingerprint density at radius 1 is 1.07 bits per heavy atom. The first-order valence-corrected chi connectivity index (χ1v) is 13.9. The first-order chi connectivity index (χ1) is 20.3. The second-order valence-corrected chi connectivity index (χ2v) is 9.96. The molecule has 1 unspecified atom stereocenters. The number of aromatic nitrogens is 1. The van der Waals surface area contributed by atoms with Gasteiger partial charge >= 0.3 is 5.97 Å². The van der Waals surface area contributed by atoms with Crippen molar-refractivity contribution in [3.63, 3.8) is 0 Å². The smallest absolute Gasteiger partial charge is 0.350 e. The maximum Gasteiger partial charge on any atom is 0.350 e. The highest BCUT2D eigenvalue weighted by molar-refractivity contribution is 7.17. The molecule has 1 aliphatic rings. The van der Waals surface area contributed by atoms with E-state index in [2.05, 4.69) is 18.1 Å². The van der Waals surface area contributed by atoms with Gasteiger partial charge in [-0.25, -0.2) is 9.78 Å². The molecular formula is C32H30N2O7S. The summed E-state index contributed by atoms with van der Waals surface area (Å²) < 4.78 is 16.7. The number of benzene rings is 2. The maximum absolute atomic E-state index is 13.6. The summed E-state index contributed by atoms with van der Waals surface area (Å²) in [5.74, 6) is -1.91. The van der Waals surface area contributed by atoms with Gasteiger partial charge in [0.2, 0.25) is 0 Å². The largest absolute Gasteiger partial charge is 0.503 e. The normalized spacial score (nSPS) is 14.8. The lowest BCUT2D eigenvalue weighted by atomic mass is 9.95. The number of ether oxygens (including phenoxy) is 3. The molecular weight excluding hydrogens is 556 g/mol. The van der Waals surface area contributed by atoms with Crippen LogP contribution in [0.25, 0.3) is 6.08 Å². The Morgan fingerprint density at radius 3 is 2.50 bits per heavy atom. The van der Waals surface area contributed by atoms with Crippen LogP contribution in [0.1, 0.15) is 39.5 Å². The van der Waals surface area contributed by atoms with E-state index in [-0.39, 0.29) is 28.8 Å². The van der Waals surface area contributed by atoms with Crippen LogP contribution in [0.3, 0.4) is 0 Å². The van der Waals surface area contributed by atoms with Gasteiger partial charge in [0.15, 0.2) is 28.2 Å². The average molecular weight is 587 g/mol. The molecule has 2 aromatic carbocycles. The molecule has 0 aliphatic carbocycles. The van der Waals surface area contributed by atoms with Crippen molar-refractivity contribution in [3.05, 3.63) is 113 Å². The zero-order valence-electron chi connectivity index (χ0n) is 23.2. The van der Waals surface area contributed by atoms with E-state index < -0.39 is 29.5 Å². The third-order valence-corrected chi connectivity index (χ3v) is 7.29. The molecule has 0 fully saturated rings. The lowest BCUT2D eigenvalue weighted by Gasteiger charge is -2.25. The van der Waals surface area contributed by atoms with E-state index in [0.717, 1.165) is 16.9 Å². The fraction of sp³-hybridized carbons (Fsp3) is 0.188. The van der Waals surface area contributed by atoms with Crippen LogP contribution < -0.4 is 14.4 Å². The number of ketones is 1. The number of anilines is 1. The molecule has 1 N–H and O–H groups in total. The second-order valence-electron chi connectivity index (χ2n) is 8.99. The highest BCUT2D eigenvalue weighted by Gasteiger charge is 2.45. The van der Waals surface area contributed by atoms with Gasteiger partial charge in [-0.05, 0) is 43.2 Å². The Kier molecular flexibility index (Phi) is 9.72. The summed E-state index contributed by atoms with van der Waals surface area (Å²) >= 11 is 0.923. The van der Waals surface area contributed by atoms with Crippen molar-refractivity contribution in [2.45, 2.75) is 19.9 Å². The van der Waals surface area contributed by atoms with E-state index in [1.165, 1.54) is 17.1 Å². The zero-order chi connectivity index (χ0) is 30.2. The predicted octanol–water partition coefficient (Wildman–Crippen LogP) is 5.94. The van der Waals surface area contributed by atoms with E-state index in [9.17, 15) is 19.5 Å². The number of carbonyl (C=O) groups excluding carboxylic acids is 3. The average Bonchev–Trinajstić information content (AvgIpc) is 3.50. The van der Waals surface area contributed by atoms with Crippen molar-refractivity contribution < 1.29 is 33.7 Å². The van der Waals surface area contributed by atoms with Gasteiger partial charge in [0.1, 0.15) is 18.1 Å². The SMILES string of the molecule is C=CCOC(=O)c1sc(N2C(=O)C(O)=C(C(=O)C=Cc3ccccc3)C2c2ccc(OCC=C)c(OCC)c2)nc1C. The molecule has 0 saturated heterocycles. The number of hydrogen-bond acceptors (Lipinski definition) is 9. The van der Waals surface area contributed by atoms with Gasteiger partial charge in [-0.2, -0.15) is 0 Å². The van der Waals surface area contributed by atoms with Crippen molar-refractivity contribution >= 4 is 40.2 Å². The monoisotopic (exact) mass is 586 g/mol. The van der Waals surface area contributed by atoms with Crippen LogP contribution in [0, 0.1) is 6.92 Å². The standard InChI is InChI=1S/C32H30N2O7S/c1-5-17-40-24-16-14-22(19-25(24)39-7-3)27-26(23(35)15-13-21-11-9-8-10-12-21)28(36)30(37)34(27)32-33-20(4)29(42-32)31(38)41-18-6-2/h5-6,8-16,19,27,36H,1-2,7,17-18H2,3-4H3. The fourth-order valence-corrected chi connectivity index (χ4v) is 5.29. The highest BCUT2D eigenvalue weighted by atomic mass is 32.1. The number of aliphatic hydroxyl groups is 1. The van der Waals surface area contributed by atoms with Gasteiger partial charge in [0.25, 0.3) is 5.91 Å². The summed E-state index contributed by atoms with van der Waals surface area (Å²) in [4.78, 5) is 45.6. The number of hydrogen-bond donors (Lipinski definition) is 1. The maximum atomic E-state index is 13.6. The number of rotatable bonds is 13. The lowest BCUT2D eigenvalue weighted by molar-refractivity contribution is -0.117. The zero-order valence-corrected chi connectivity index (χ0v) is 24.1. The Labute approximate surface area is 247 Å². The number of allylic oxidation sites excluding steroid dienone is 1. The quantitative estimate of drug-likeness (QED) is 0.149. The molecule has 1 atom stereocenters. The van der Waals surface area contributed by atoms with Crippen LogP contribution in [0.15, 0.2) is 91.2 Å². The Morgan fingerprint density at radius 2 is 1.81 bits per heavy atom. The molecule has 0 bridgehead atoms. The van der Waals surface area contributed by atoms with Gasteiger partial charge in [-0.1, -0.05) is 79.1 Å².